The fourth-order valence-corrected chi connectivity index (χ4v) is 2.56. The fraction of sp³-hybridized carbons (Fsp3) is 0.0714. The lowest BCUT2D eigenvalue weighted by atomic mass is 10.2. The molecule has 1 aromatic carbocycles. The molecule has 0 aliphatic heterocycles. The third-order valence-corrected chi connectivity index (χ3v) is 3.68. The zero-order chi connectivity index (χ0) is 13.0. The molecule has 0 aliphatic rings. The standard InChI is InChI=1S/C14H11BrO2S/c1-10-4-6-13(12(15)9-10)17-14(16)7-5-11-3-2-8-18-11/h2-9H,1H3/b7-5+. The minimum Gasteiger partial charge on any atom is -0.422 e. The molecule has 0 aliphatic carbocycles. The van der Waals surface area contributed by atoms with Crippen LogP contribution < -0.4 is 4.74 Å². The first kappa shape index (κ1) is 13.1. The third kappa shape index (κ3) is 3.55. The Bertz CT molecular complexity index is 573. The van der Waals surface area contributed by atoms with Gasteiger partial charge in [-0.1, -0.05) is 12.1 Å². The Balaban J connectivity index is 2.03. The van der Waals surface area contributed by atoms with E-state index in [2.05, 4.69) is 15.9 Å². The number of hydrogen-bond donors (Lipinski definition) is 0. The van der Waals surface area contributed by atoms with Crippen LogP contribution in [0.15, 0.2) is 46.3 Å². The van der Waals surface area contributed by atoms with Crippen LogP contribution in [-0.2, 0) is 4.79 Å². The molecule has 0 unspecified atom stereocenters. The monoisotopic (exact) mass is 322 g/mol. The maximum atomic E-state index is 11.6. The summed E-state index contributed by atoms with van der Waals surface area (Å²) in [6, 6.07) is 9.46. The maximum Gasteiger partial charge on any atom is 0.336 e. The zero-order valence-corrected chi connectivity index (χ0v) is 12.1. The van der Waals surface area contributed by atoms with Gasteiger partial charge < -0.3 is 4.74 Å². The van der Waals surface area contributed by atoms with Gasteiger partial charge in [0.15, 0.2) is 0 Å². The lowest BCUT2D eigenvalue weighted by Crippen LogP contribution is -2.04. The van der Waals surface area contributed by atoms with Gasteiger partial charge in [0, 0.05) is 11.0 Å². The lowest BCUT2D eigenvalue weighted by molar-refractivity contribution is -0.128. The summed E-state index contributed by atoms with van der Waals surface area (Å²) in [6.07, 6.45) is 3.17. The lowest BCUT2D eigenvalue weighted by Gasteiger charge is -2.04. The topological polar surface area (TPSA) is 26.3 Å². The Morgan fingerprint density at radius 3 is 2.89 bits per heavy atom. The summed E-state index contributed by atoms with van der Waals surface area (Å²) >= 11 is 4.94. The van der Waals surface area contributed by atoms with Crippen molar-refractivity contribution in [3.63, 3.8) is 0 Å². The van der Waals surface area contributed by atoms with Crippen LogP contribution in [0.5, 0.6) is 5.75 Å². The smallest absolute Gasteiger partial charge is 0.336 e. The van der Waals surface area contributed by atoms with Crippen LogP contribution in [0.25, 0.3) is 6.08 Å². The van der Waals surface area contributed by atoms with E-state index in [0.29, 0.717) is 5.75 Å². The second kappa shape index (κ2) is 5.98. The molecule has 0 saturated carbocycles. The van der Waals surface area contributed by atoms with Crippen molar-refractivity contribution in [3.05, 3.63) is 56.7 Å². The first-order valence-electron chi connectivity index (χ1n) is 5.35. The molecule has 0 atom stereocenters. The molecule has 0 spiro atoms. The molecular formula is C14H11BrO2S. The van der Waals surface area contributed by atoms with Crippen LogP contribution in [0.1, 0.15) is 10.4 Å². The molecule has 92 valence electrons. The van der Waals surface area contributed by atoms with Crippen LogP contribution in [0.3, 0.4) is 0 Å². The van der Waals surface area contributed by atoms with Crippen LogP contribution in [0.2, 0.25) is 0 Å². The predicted octanol–water partition coefficient (Wildman–Crippen LogP) is 4.44. The Morgan fingerprint density at radius 2 is 2.22 bits per heavy atom. The normalized spacial score (nSPS) is 10.8. The Labute approximate surface area is 118 Å². The Hall–Kier alpha value is -1.39. The molecule has 0 saturated heterocycles. The zero-order valence-electron chi connectivity index (χ0n) is 9.72. The molecule has 1 aromatic heterocycles. The minimum absolute atomic E-state index is 0.382. The van der Waals surface area contributed by atoms with Crippen molar-refractivity contribution in [1.82, 2.24) is 0 Å². The van der Waals surface area contributed by atoms with E-state index in [0.717, 1.165) is 14.9 Å². The van der Waals surface area contributed by atoms with Crippen molar-refractivity contribution >= 4 is 39.3 Å². The van der Waals surface area contributed by atoms with Gasteiger partial charge in [-0.3, -0.25) is 0 Å². The number of carbonyl (C=O) groups is 1. The number of benzene rings is 1. The molecule has 2 nitrogen and oxygen atoms in total. The van der Waals surface area contributed by atoms with Crippen molar-refractivity contribution in [3.8, 4) is 5.75 Å². The summed E-state index contributed by atoms with van der Waals surface area (Å²) in [5.41, 5.74) is 1.11. The van der Waals surface area contributed by atoms with E-state index in [4.69, 9.17) is 4.74 Å². The summed E-state index contributed by atoms with van der Waals surface area (Å²) in [7, 11) is 0. The predicted molar refractivity (Wildman–Crippen MR) is 77.9 cm³/mol. The van der Waals surface area contributed by atoms with E-state index in [1.165, 1.54) is 6.08 Å². The summed E-state index contributed by atoms with van der Waals surface area (Å²) in [5, 5.41) is 1.96. The van der Waals surface area contributed by atoms with Crippen molar-refractivity contribution < 1.29 is 9.53 Å². The summed E-state index contributed by atoms with van der Waals surface area (Å²) in [6.45, 7) is 1.98. The van der Waals surface area contributed by atoms with E-state index in [1.807, 2.05) is 36.6 Å². The van der Waals surface area contributed by atoms with E-state index in [-0.39, 0.29) is 5.97 Å². The number of rotatable bonds is 3. The summed E-state index contributed by atoms with van der Waals surface area (Å²) < 4.78 is 6.01. The van der Waals surface area contributed by atoms with E-state index in [9.17, 15) is 4.79 Å². The second-order valence-electron chi connectivity index (χ2n) is 3.70. The van der Waals surface area contributed by atoms with Crippen molar-refractivity contribution in [2.45, 2.75) is 6.92 Å². The average molecular weight is 323 g/mol. The molecule has 2 aromatic rings. The van der Waals surface area contributed by atoms with E-state index < -0.39 is 0 Å². The summed E-state index contributed by atoms with van der Waals surface area (Å²) in [4.78, 5) is 12.6. The highest BCUT2D eigenvalue weighted by molar-refractivity contribution is 9.10. The average Bonchev–Trinajstić information content (AvgIpc) is 2.83. The van der Waals surface area contributed by atoms with E-state index in [1.54, 1.807) is 23.5 Å². The van der Waals surface area contributed by atoms with Crippen LogP contribution >= 0.6 is 27.3 Å². The number of carbonyl (C=O) groups excluding carboxylic acids is 1. The van der Waals surface area contributed by atoms with Gasteiger partial charge in [-0.25, -0.2) is 4.79 Å². The number of esters is 1. The highest BCUT2D eigenvalue weighted by Crippen LogP contribution is 2.26. The van der Waals surface area contributed by atoms with Gasteiger partial charge in [0.25, 0.3) is 0 Å². The molecule has 0 radical (unpaired) electrons. The van der Waals surface area contributed by atoms with Crippen LogP contribution in [-0.4, -0.2) is 5.97 Å². The molecule has 0 fully saturated rings. The number of hydrogen-bond acceptors (Lipinski definition) is 3. The Morgan fingerprint density at radius 1 is 1.39 bits per heavy atom. The first-order chi connectivity index (χ1) is 8.65. The molecule has 18 heavy (non-hydrogen) atoms. The highest BCUT2D eigenvalue weighted by atomic mass is 79.9. The first-order valence-corrected chi connectivity index (χ1v) is 7.02. The molecule has 0 N–H and O–H groups in total. The fourth-order valence-electron chi connectivity index (χ4n) is 1.37. The molecule has 0 amide bonds. The molecule has 1 heterocycles. The SMILES string of the molecule is Cc1ccc(OC(=O)/C=C/c2cccs2)c(Br)c1. The quantitative estimate of drug-likeness (QED) is 0.474. The number of ether oxygens (including phenoxy) is 1. The highest BCUT2D eigenvalue weighted by Gasteiger charge is 2.05. The van der Waals surface area contributed by atoms with Crippen molar-refractivity contribution in [2.75, 3.05) is 0 Å². The Kier molecular flexibility index (Phi) is 4.33. The molecular weight excluding hydrogens is 312 g/mol. The van der Waals surface area contributed by atoms with Gasteiger partial charge in [0.2, 0.25) is 0 Å². The second-order valence-corrected chi connectivity index (χ2v) is 5.54. The van der Waals surface area contributed by atoms with Crippen molar-refractivity contribution in [1.29, 1.82) is 0 Å². The minimum atomic E-state index is -0.382. The number of aryl methyl sites for hydroxylation is 1. The molecule has 2 rings (SSSR count). The summed E-state index contributed by atoms with van der Waals surface area (Å²) in [5.74, 6) is 0.148. The van der Waals surface area contributed by atoms with Gasteiger partial charge in [-0.05, 0) is 58.1 Å². The van der Waals surface area contributed by atoms with Gasteiger partial charge in [0.1, 0.15) is 5.75 Å². The number of halogens is 1. The largest absolute Gasteiger partial charge is 0.422 e. The van der Waals surface area contributed by atoms with Gasteiger partial charge in [-0.15, -0.1) is 11.3 Å². The maximum absolute atomic E-state index is 11.6. The third-order valence-electron chi connectivity index (χ3n) is 2.22. The van der Waals surface area contributed by atoms with Crippen molar-refractivity contribution in [2.24, 2.45) is 0 Å². The van der Waals surface area contributed by atoms with Gasteiger partial charge in [-0.2, -0.15) is 0 Å². The number of thiophene rings is 1. The molecule has 4 heteroatoms. The van der Waals surface area contributed by atoms with E-state index >= 15 is 0 Å². The van der Waals surface area contributed by atoms with Crippen LogP contribution in [0.4, 0.5) is 0 Å². The van der Waals surface area contributed by atoms with Gasteiger partial charge >= 0.3 is 5.97 Å². The molecule has 0 bridgehead atoms. The van der Waals surface area contributed by atoms with Crippen LogP contribution in [0, 0.1) is 6.92 Å². The van der Waals surface area contributed by atoms with Gasteiger partial charge in [0.05, 0.1) is 4.47 Å².